The van der Waals surface area contributed by atoms with Gasteiger partial charge in [-0.05, 0) is 166 Å². The predicted octanol–water partition coefficient (Wildman–Crippen LogP) is 19.6. The van der Waals surface area contributed by atoms with Gasteiger partial charge in [0, 0.05) is 33.5 Å². The molecule has 0 unspecified atom stereocenters. The summed E-state index contributed by atoms with van der Waals surface area (Å²) in [4.78, 5) is 5.19. The zero-order valence-corrected chi connectivity index (χ0v) is 39.6. The fourth-order valence-corrected chi connectivity index (χ4v) is 12.2. The van der Waals surface area contributed by atoms with E-state index in [0.29, 0.717) is 11.8 Å². The Kier molecular flexibility index (Phi) is 11.3. The van der Waals surface area contributed by atoms with E-state index in [4.69, 9.17) is 0 Å². The van der Waals surface area contributed by atoms with E-state index in [2.05, 4.69) is 218 Å². The molecule has 10 aromatic rings. The topological polar surface area (TPSA) is 6.48 Å². The van der Waals surface area contributed by atoms with Gasteiger partial charge in [-0.3, -0.25) is 0 Å². The first-order valence-corrected chi connectivity index (χ1v) is 25.4. The highest BCUT2D eigenvalue weighted by molar-refractivity contribution is 6.29. The molecule has 0 atom stereocenters. The van der Waals surface area contributed by atoms with Crippen LogP contribution in [0.3, 0.4) is 0 Å². The Morgan fingerprint density at radius 3 is 1.04 bits per heavy atom. The molecule has 68 heavy (non-hydrogen) atoms. The van der Waals surface area contributed by atoms with Crippen LogP contribution in [0.1, 0.15) is 98.3 Å². The van der Waals surface area contributed by atoms with E-state index in [1.165, 1.54) is 175 Å². The Labute approximate surface area is 402 Å². The number of hydrogen-bond donors (Lipinski definition) is 0. The molecule has 0 aliphatic heterocycles. The first-order valence-electron chi connectivity index (χ1n) is 25.4. The summed E-state index contributed by atoms with van der Waals surface area (Å²) in [6, 6.07) is 73.4. The molecule has 0 aromatic heterocycles. The molecule has 2 heteroatoms. The maximum absolute atomic E-state index is 2.62. The highest BCUT2D eigenvalue weighted by Gasteiger charge is 2.30. The molecule has 2 aliphatic rings. The van der Waals surface area contributed by atoms with Crippen molar-refractivity contribution in [1.29, 1.82) is 0 Å². The lowest BCUT2D eigenvalue weighted by Crippen LogP contribution is -2.15. The number of benzene rings is 10. The van der Waals surface area contributed by atoms with Gasteiger partial charge in [-0.15, -0.1) is 0 Å². The number of rotatable bonds is 10. The van der Waals surface area contributed by atoms with Crippen molar-refractivity contribution in [2.24, 2.45) is 0 Å². The Bertz CT molecular complexity index is 3140. The molecule has 0 bridgehead atoms. The van der Waals surface area contributed by atoms with Crippen molar-refractivity contribution >= 4 is 66.4 Å². The summed E-state index contributed by atoms with van der Waals surface area (Å²) in [6.45, 7) is 4.57. The number of hydrogen-bond acceptors (Lipinski definition) is 2. The van der Waals surface area contributed by atoms with Crippen LogP contribution in [0.2, 0.25) is 0 Å². The minimum absolute atomic E-state index is 0.503. The molecule has 2 nitrogen and oxygen atoms in total. The molecule has 2 fully saturated rings. The fraction of sp³-hybridized carbons (Fsp3) is 0.212. The smallest absolute Gasteiger partial charge is 0.0543 e. The number of para-hydroxylation sites is 2. The average molecular weight is 881 g/mol. The highest BCUT2D eigenvalue weighted by atomic mass is 15.2. The molecule has 2 aliphatic carbocycles. The summed E-state index contributed by atoms with van der Waals surface area (Å²) >= 11 is 0. The van der Waals surface area contributed by atoms with Crippen molar-refractivity contribution in [3.05, 3.63) is 216 Å². The zero-order chi connectivity index (χ0) is 45.6. The van der Waals surface area contributed by atoms with Gasteiger partial charge in [0.1, 0.15) is 0 Å². The van der Waals surface area contributed by atoms with Crippen molar-refractivity contribution in [2.45, 2.75) is 89.9 Å². The van der Waals surface area contributed by atoms with E-state index in [9.17, 15) is 0 Å². The Morgan fingerprint density at radius 2 is 0.662 bits per heavy atom. The lowest BCUT2D eigenvalue weighted by Gasteiger charge is -2.34. The molecule has 0 radical (unpaired) electrons. The van der Waals surface area contributed by atoms with Crippen molar-refractivity contribution in [3.63, 3.8) is 0 Å². The molecule has 0 heterocycles. The summed E-state index contributed by atoms with van der Waals surface area (Å²) in [5.41, 5.74) is 17.8. The Hall–Kier alpha value is -7.16. The largest absolute Gasteiger partial charge is 0.310 e. The summed E-state index contributed by atoms with van der Waals surface area (Å²) < 4.78 is 0. The summed E-state index contributed by atoms with van der Waals surface area (Å²) in [6.07, 6.45) is 12.7. The lowest BCUT2D eigenvalue weighted by molar-refractivity contribution is 0.445. The number of anilines is 6. The fourth-order valence-electron chi connectivity index (χ4n) is 12.2. The van der Waals surface area contributed by atoms with Crippen molar-refractivity contribution in [2.75, 3.05) is 9.80 Å². The van der Waals surface area contributed by atoms with Crippen LogP contribution in [-0.4, -0.2) is 0 Å². The van der Waals surface area contributed by atoms with Crippen LogP contribution in [0.25, 0.3) is 54.6 Å². The van der Waals surface area contributed by atoms with Crippen LogP contribution >= 0.6 is 0 Å². The maximum atomic E-state index is 2.62. The second-order valence-corrected chi connectivity index (χ2v) is 19.8. The molecule has 2 saturated carbocycles. The van der Waals surface area contributed by atoms with E-state index in [1.807, 2.05) is 0 Å². The van der Waals surface area contributed by atoms with Crippen LogP contribution in [-0.2, 0) is 0 Å². The maximum Gasteiger partial charge on any atom is 0.0543 e. The highest BCUT2D eigenvalue weighted by Crippen LogP contribution is 2.54. The minimum Gasteiger partial charge on any atom is -0.310 e. The van der Waals surface area contributed by atoms with Gasteiger partial charge in [-0.1, -0.05) is 184 Å². The summed E-state index contributed by atoms with van der Waals surface area (Å²) in [7, 11) is 0. The van der Waals surface area contributed by atoms with Gasteiger partial charge in [0.25, 0.3) is 0 Å². The van der Waals surface area contributed by atoms with Gasteiger partial charge in [-0.25, -0.2) is 0 Å². The zero-order valence-electron chi connectivity index (χ0n) is 39.6. The van der Waals surface area contributed by atoms with Gasteiger partial charge in [0.15, 0.2) is 0 Å². The molecule has 10 aromatic carbocycles. The number of nitrogens with zero attached hydrogens (tertiary/aromatic N) is 2. The molecular formula is C66H60N2. The lowest BCUT2D eigenvalue weighted by atomic mass is 9.77. The van der Waals surface area contributed by atoms with Gasteiger partial charge < -0.3 is 9.80 Å². The van der Waals surface area contributed by atoms with Gasteiger partial charge >= 0.3 is 0 Å². The SMILES string of the molecule is Cc1ccc(-c2ccccc2)cc1N(c1ccccc1)c1cc(C2CCCCC2)c2ccc3c(N(c4ccccc4)c4cc(-c5ccccc5)ccc4C)cc(C4CCCCC4)c4ccc1c2c43. The molecule has 0 spiro atoms. The standard InChI is InChI=1S/C66H60N2/c1-45-33-35-51(47-21-9-3-10-22-47)41-61(45)67(53-29-17-7-18-30-53)63-43-59(49-25-13-5-14-26-49)55-38-40-58-64(44-60(50-27-15-6-16-28-50)56-37-39-57(63)65(55)66(56)58)68(54-31-19-8-20-32-54)62-42-52(36-34-46(62)2)48-23-11-4-12-24-48/h3-4,7-12,17-24,29-44,49-50H,5-6,13-16,25-28H2,1-2H3. The first kappa shape index (κ1) is 42.2. The van der Waals surface area contributed by atoms with Crippen molar-refractivity contribution < 1.29 is 0 Å². The van der Waals surface area contributed by atoms with Crippen LogP contribution in [0.15, 0.2) is 194 Å². The monoisotopic (exact) mass is 880 g/mol. The quantitative estimate of drug-likeness (QED) is 0.126. The molecule has 334 valence electrons. The first-order chi connectivity index (χ1) is 33.6. The predicted molar refractivity (Wildman–Crippen MR) is 292 cm³/mol. The third-order valence-corrected chi connectivity index (χ3v) is 15.6. The Morgan fingerprint density at radius 1 is 0.309 bits per heavy atom. The second-order valence-electron chi connectivity index (χ2n) is 19.8. The van der Waals surface area contributed by atoms with E-state index in [1.54, 1.807) is 0 Å². The summed E-state index contributed by atoms with van der Waals surface area (Å²) in [5.74, 6) is 1.01. The summed E-state index contributed by atoms with van der Waals surface area (Å²) in [5, 5.41) is 8.31. The second kappa shape index (κ2) is 18.1. The van der Waals surface area contributed by atoms with Crippen LogP contribution in [0.5, 0.6) is 0 Å². The van der Waals surface area contributed by atoms with E-state index in [0.717, 1.165) is 0 Å². The van der Waals surface area contributed by atoms with E-state index >= 15 is 0 Å². The molecule has 12 rings (SSSR count). The third-order valence-electron chi connectivity index (χ3n) is 15.6. The van der Waals surface area contributed by atoms with E-state index < -0.39 is 0 Å². The molecule has 0 saturated heterocycles. The molecule has 0 N–H and O–H groups in total. The molecular weight excluding hydrogens is 821 g/mol. The van der Waals surface area contributed by atoms with Crippen LogP contribution in [0.4, 0.5) is 34.1 Å². The Balaban J connectivity index is 1.19. The van der Waals surface area contributed by atoms with Crippen molar-refractivity contribution in [3.8, 4) is 22.3 Å². The van der Waals surface area contributed by atoms with Crippen LogP contribution in [0, 0.1) is 13.8 Å². The number of aryl methyl sites for hydroxylation is 2. The van der Waals surface area contributed by atoms with Crippen molar-refractivity contribution in [1.82, 2.24) is 0 Å². The van der Waals surface area contributed by atoms with E-state index in [-0.39, 0.29) is 0 Å². The molecule has 0 amide bonds. The third kappa shape index (κ3) is 7.61. The average Bonchev–Trinajstić information content (AvgIpc) is 3.41. The van der Waals surface area contributed by atoms with Gasteiger partial charge in [0.05, 0.1) is 11.4 Å². The minimum atomic E-state index is 0.503. The van der Waals surface area contributed by atoms with Gasteiger partial charge in [-0.2, -0.15) is 0 Å². The van der Waals surface area contributed by atoms with Crippen LogP contribution < -0.4 is 9.80 Å². The van der Waals surface area contributed by atoms with Gasteiger partial charge in [0.2, 0.25) is 0 Å². The normalized spacial score (nSPS) is 14.8.